The summed E-state index contributed by atoms with van der Waals surface area (Å²) < 4.78 is 1.98. The molecule has 0 bridgehead atoms. The molecule has 1 aromatic carbocycles. The normalized spacial score (nSPS) is 13.6. The summed E-state index contributed by atoms with van der Waals surface area (Å²) in [4.78, 5) is 29.0. The second-order valence-electron chi connectivity index (χ2n) is 4.98. The molecule has 2 aromatic rings. The summed E-state index contributed by atoms with van der Waals surface area (Å²) in [5, 5.41) is 9.01. The Balaban J connectivity index is 1.92. The second-order valence-corrected chi connectivity index (χ2v) is 4.98. The summed E-state index contributed by atoms with van der Waals surface area (Å²) in [5.41, 5.74) is 2.72. The zero-order valence-electron chi connectivity index (χ0n) is 11.6. The third kappa shape index (κ3) is 2.29. The highest BCUT2D eigenvalue weighted by Crippen LogP contribution is 2.31. The van der Waals surface area contributed by atoms with Crippen molar-refractivity contribution in [2.75, 3.05) is 4.90 Å². The Labute approximate surface area is 121 Å². The van der Waals surface area contributed by atoms with Gasteiger partial charge in [-0.15, -0.1) is 0 Å². The molecule has 1 aliphatic rings. The number of benzene rings is 1. The number of aromatic nitrogens is 2. The number of nitrogens with zero attached hydrogens (tertiary/aromatic N) is 3. The lowest BCUT2D eigenvalue weighted by molar-refractivity contribution is -0.117. The molecule has 0 fully saturated rings. The highest BCUT2D eigenvalue weighted by atomic mass is 16.4. The van der Waals surface area contributed by atoms with Crippen LogP contribution < -0.4 is 4.90 Å². The molecule has 0 atom stereocenters. The molecule has 1 aromatic heterocycles. The third-order valence-electron chi connectivity index (χ3n) is 3.72. The molecule has 3 rings (SSSR count). The maximum absolute atomic E-state index is 12.2. The van der Waals surface area contributed by atoms with Crippen LogP contribution in [0.1, 0.15) is 28.5 Å². The molecule has 0 saturated heterocycles. The van der Waals surface area contributed by atoms with Gasteiger partial charge in [-0.25, -0.2) is 9.78 Å². The molecule has 0 saturated carbocycles. The van der Waals surface area contributed by atoms with Gasteiger partial charge in [-0.1, -0.05) is 0 Å². The Morgan fingerprint density at radius 1 is 1.43 bits per heavy atom. The topological polar surface area (TPSA) is 75.4 Å². The van der Waals surface area contributed by atoms with Crippen LogP contribution in [0.3, 0.4) is 0 Å². The summed E-state index contributed by atoms with van der Waals surface area (Å²) in [6, 6.07) is 4.81. The van der Waals surface area contributed by atoms with Gasteiger partial charge in [-0.3, -0.25) is 4.79 Å². The molecule has 108 valence electrons. The van der Waals surface area contributed by atoms with Crippen molar-refractivity contribution >= 4 is 17.6 Å². The van der Waals surface area contributed by atoms with E-state index < -0.39 is 5.97 Å². The van der Waals surface area contributed by atoms with Crippen LogP contribution in [-0.2, 0) is 24.3 Å². The average Bonchev–Trinajstić information content (AvgIpc) is 3.03. The van der Waals surface area contributed by atoms with Crippen LogP contribution >= 0.6 is 0 Å². The second kappa shape index (κ2) is 5.05. The minimum Gasteiger partial charge on any atom is -0.478 e. The van der Waals surface area contributed by atoms with Crippen LogP contribution in [0.2, 0.25) is 0 Å². The first kappa shape index (κ1) is 13.4. The summed E-state index contributed by atoms with van der Waals surface area (Å²) in [6.45, 7) is 3.26. The van der Waals surface area contributed by atoms with Gasteiger partial charge in [0.2, 0.25) is 5.91 Å². The first-order chi connectivity index (χ1) is 10.1. The zero-order chi connectivity index (χ0) is 15.0. The minimum absolute atomic E-state index is 0.0172. The molecule has 1 aliphatic heterocycles. The van der Waals surface area contributed by atoms with Crippen LogP contribution in [0.25, 0.3) is 0 Å². The molecule has 0 unspecified atom stereocenters. The number of carbonyl (C=O) groups excluding carboxylic acids is 1. The van der Waals surface area contributed by atoms with Crippen molar-refractivity contribution in [3.63, 3.8) is 0 Å². The molecule has 0 aliphatic carbocycles. The fraction of sp³-hybridized carbons (Fsp3) is 0.267. The van der Waals surface area contributed by atoms with E-state index in [0.717, 1.165) is 23.5 Å². The number of anilines is 1. The summed E-state index contributed by atoms with van der Waals surface area (Å²) in [6.07, 6.45) is 3.74. The van der Waals surface area contributed by atoms with E-state index in [1.807, 2.05) is 11.5 Å². The number of rotatable bonds is 4. The van der Waals surface area contributed by atoms with Crippen LogP contribution in [0.15, 0.2) is 30.7 Å². The molecular formula is C15H15N3O3. The number of amides is 1. The number of hydrogen-bond acceptors (Lipinski definition) is 3. The standard InChI is InChI=1S/C15H15N3O3/c1-2-17-9-16-7-12(17)8-18-13-4-3-10(15(20)21)5-11(13)6-14(18)19/h3-5,7,9H,2,6,8H2,1H3,(H,20,21). The smallest absolute Gasteiger partial charge is 0.335 e. The van der Waals surface area contributed by atoms with E-state index in [-0.39, 0.29) is 17.9 Å². The lowest BCUT2D eigenvalue weighted by Crippen LogP contribution is -2.27. The van der Waals surface area contributed by atoms with Gasteiger partial charge in [-0.2, -0.15) is 0 Å². The Morgan fingerprint density at radius 2 is 2.24 bits per heavy atom. The van der Waals surface area contributed by atoms with Crippen molar-refractivity contribution in [1.29, 1.82) is 0 Å². The van der Waals surface area contributed by atoms with Crippen molar-refractivity contribution in [3.8, 4) is 0 Å². The molecule has 1 N–H and O–H groups in total. The number of carboxylic acid groups (broad SMARTS) is 1. The Bertz CT molecular complexity index is 721. The SMILES string of the molecule is CCn1cncc1CN1C(=O)Cc2cc(C(=O)O)ccc21. The fourth-order valence-corrected chi connectivity index (χ4v) is 2.62. The third-order valence-corrected chi connectivity index (χ3v) is 3.72. The van der Waals surface area contributed by atoms with Crippen LogP contribution in [0, 0.1) is 0 Å². The molecule has 21 heavy (non-hydrogen) atoms. The van der Waals surface area contributed by atoms with Crippen LogP contribution in [0.4, 0.5) is 5.69 Å². The van der Waals surface area contributed by atoms with E-state index >= 15 is 0 Å². The minimum atomic E-state index is -0.979. The van der Waals surface area contributed by atoms with Gasteiger partial charge in [0, 0.05) is 18.4 Å². The van der Waals surface area contributed by atoms with Crippen molar-refractivity contribution < 1.29 is 14.7 Å². The van der Waals surface area contributed by atoms with Gasteiger partial charge in [0.15, 0.2) is 0 Å². The molecular weight excluding hydrogens is 270 g/mol. The predicted octanol–water partition coefficient (Wildman–Crippen LogP) is 1.69. The van der Waals surface area contributed by atoms with E-state index in [9.17, 15) is 9.59 Å². The van der Waals surface area contributed by atoms with Crippen LogP contribution in [-0.4, -0.2) is 26.5 Å². The van der Waals surface area contributed by atoms with Crippen molar-refractivity contribution in [1.82, 2.24) is 9.55 Å². The van der Waals surface area contributed by atoms with Gasteiger partial charge in [-0.05, 0) is 30.7 Å². The highest BCUT2D eigenvalue weighted by Gasteiger charge is 2.28. The van der Waals surface area contributed by atoms with Gasteiger partial charge in [0.05, 0.1) is 30.6 Å². The number of fused-ring (bicyclic) bond motifs is 1. The van der Waals surface area contributed by atoms with Gasteiger partial charge in [0.25, 0.3) is 0 Å². The lowest BCUT2D eigenvalue weighted by atomic mass is 10.1. The molecule has 0 spiro atoms. The summed E-state index contributed by atoms with van der Waals surface area (Å²) in [7, 11) is 0. The van der Waals surface area contributed by atoms with E-state index in [0.29, 0.717) is 6.54 Å². The van der Waals surface area contributed by atoms with Crippen LogP contribution in [0.5, 0.6) is 0 Å². The maximum Gasteiger partial charge on any atom is 0.335 e. The Hall–Kier alpha value is -2.63. The monoisotopic (exact) mass is 285 g/mol. The zero-order valence-corrected chi connectivity index (χ0v) is 11.6. The lowest BCUT2D eigenvalue weighted by Gasteiger charge is -2.18. The van der Waals surface area contributed by atoms with E-state index in [1.54, 1.807) is 29.6 Å². The average molecular weight is 285 g/mol. The van der Waals surface area contributed by atoms with Gasteiger partial charge >= 0.3 is 5.97 Å². The summed E-state index contributed by atoms with van der Waals surface area (Å²) >= 11 is 0. The van der Waals surface area contributed by atoms with Crippen molar-refractivity contribution in [2.24, 2.45) is 0 Å². The number of aryl methyl sites for hydroxylation is 1. The Morgan fingerprint density at radius 3 is 2.95 bits per heavy atom. The number of carbonyl (C=O) groups is 2. The fourth-order valence-electron chi connectivity index (χ4n) is 2.62. The first-order valence-corrected chi connectivity index (χ1v) is 6.75. The van der Waals surface area contributed by atoms with Gasteiger partial charge < -0.3 is 14.6 Å². The molecule has 0 radical (unpaired) electrons. The number of aromatic carboxylic acids is 1. The molecule has 6 nitrogen and oxygen atoms in total. The van der Waals surface area contributed by atoms with E-state index in [4.69, 9.17) is 5.11 Å². The number of carboxylic acids is 1. The first-order valence-electron chi connectivity index (χ1n) is 6.75. The number of hydrogen-bond donors (Lipinski definition) is 1. The predicted molar refractivity (Wildman–Crippen MR) is 76.2 cm³/mol. The largest absolute Gasteiger partial charge is 0.478 e. The quantitative estimate of drug-likeness (QED) is 0.927. The van der Waals surface area contributed by atoms with E-state index in [2.05, 4.69) is 4.98 Å². The Kier molecular flexibility index (Phi) is 3.21. The summed E-state index contributed by atoms with van der Waals surface area (Å²) in [5.74, 6) is -0.996. The van der Waals surface area contributed by atoms with Crippen molar-refractivity contribution in [3.05, 3.63) is 47.5 Å². The molecule has 1 amide bonds. The van der Waals surface area contributed by atoms with Crippen molar-refractivity contribution in [2.45, 2.75) is 26.4 Å². The highest BCUT2D eigenvalue weighted by molar-refractivity contribution is 6.02. The molecule has 6 heteroatoms. The molecule has 2 heterocycles. The maximum atomic E-state index is 12.2. The number of imidazole rings is 1. The van der Waals surface area contributed by atoms with E-state index in [1.165, 1.54) is 6.07 Å². The van der Waals surface area contributed by atoms with Gasteiger partial charge in [0.1, 0.15) is 0 Å².